The van der Waals surface area contributed by atoms with E-state index in [2.05, 4.69) is 15.3 Å². The third-order valence-corrected chi connectivity index (χ3v) is 5.21. The fourth-order valence-corrected chi connectivity index (χ4v) is 3.88. The number of piperidine rings is 1. The quantitative estimate of drug-likeness (QED) is 0.763. The molecule has 0 aromatic carbocycles. The summed E-state index contributed by atoms with van der Waals surface area (Å²) in [4.78, 5) is 23.4. The first kappa shape index (κ1) is 16.6. The van der Waals surface area contributed by atoms with Crippen LogP contribution >= 0.6 is 0 Å². The second kappa shape index (κ2) is 6.82. The summed E-state index contributed by atoms with van der Waals surface area (Å²) in [6.07, 6.45) is 8.55. The lowest BCUT2D eigenvalue weighted by Gasteiger charge is -2.40. The number of furan rings is 1. The number of nitrogens with zero attached hydrogens (tertiary/aromatic N) is 4. The minimum atomic E-state index is -0.0303. The number of aryl methyl sites for hydroxylation is 1. The normalized spacial score (nSPS) is 20.7. The summed E-state index contributed by atoms with van der Waals surface area (Å²) in [6, 6.07) is 3.75. The third kappa shape index (κ3) is 2.83. The number of fused-ring (bicyclic) bond motifs is 1. The average molecular weight is 353 g/mol. The predicted molar refractivity (Wildman–Crippen MR) is 98.6 cm³/mol. The van der Waals surface area contributed by atoms with Crippen LogP contribution in [0.3, 0.4) is 0 Å². The molecule has 7 heteroatoms. The summed E-state index contributed by atoms with van der Waals surface area (Å²) >= 11 is 0. The van der Waals surface area contributed by atoms with Crippen molar-refractivity contribution in [3.63, 3.8) is 0 Å². The Morgan fingerprint density at radius 1 is 1.31 bits per heavy atom. The number of hydrogen-bond acceptors (Lipinski definition) is 5. The molecule has 0 aliphatic carbocycles. The van der Waals surface area contributed by atoms with Crippen molar-refractivity contribution in [3.05, 3.63) is 42.8 Å². The van der Waals surface area contributed by atoms with Crippen LogP contribution < -0.4 is 5.32 Å². The van der Waals surface area contributed by atoms with Gasteiger partial charge in [-0.25, -0.2) is 9.97 Å². The van der Waals surface area contributed by atoms with Crippen LogP contribution in [0.25, 0.3) is 11.0 Å². The number of hydrogen-bond donors (Lipinski definition) is 1. The van der Waals surface area contributed by atoms with Crippen molar-refractivity contribution in [1.82, 2.24) is 19.4 Å². The Morgan fingerprint density at radius 2 is 2.19 bits per heavy atom. The number of likely N-dealkylation sites (tertiary alicyclic amines) is 1. The molecule has 2 atom stereocenters. The fraction of sp³-hybridized carbons (Fsp3) is 0.421. The summed E-state index contributed by atoms with van der Waals surface area (Å²) < 4.78 is 7.46. The Labute approximate surface area is 152 Å². The lowest BCUT2D eigenvalue weighted by atomic mass is 9.87. The van der Waals surface area contributed by atoms with Gasteiger partial charge >= 0.3 is 0 Å². The molecule has 3 aromatic rings. The first-order valence-electron chi connectivity index (χ1n) is 9.01. The predicted octanol–water partition coefficient (Wildman–Crippen LogP) is 2.97. The van der Waals surface area contributed by atoms with Gasteiger partial charge in [-0.2, -0.15) is 0 Å². The lowest BCUT2D eigenvalue weighted by Crippen LogP contribution is -2.45. The lowest BCUT2D eigenvalue weighted by molar-refractivity contribution is -0.138. The Kier molecular flexibility index (Phi) is 4.36. The molecule has 4 heterocycles. The van der Waals surface area contributed by atoms with Gasteiger partial charge < -0.3 is 19.2 Å². The highest BCUT2D eigenvalue weighted by Gasteiger charge is 2.38. The van der Waals surface area contributed by atoms with Crippen LogP contribution in [-0.2, 0) is 11.8 Å². The van der Waals surface area contributed by atoms with Crippen molar-refractivity contribution in [1.29, 1.82) is 0 Å². The number of carbonyl (C=O) groups excluding carboxylic acids is 1. The molecule has 4 rings (SSSR count). The molecule has 0 bridgehead atoms. The largest absolute Gasteiger partial charge is 0.464 e. The van der Waals surface area contributed by atoms with E-state index in [9.17, 15) is 4.79 Å². The number of imidazole rings is 1. The molecule has 1 saturated heterocycles. The maximum absolute atomic E-state index is 12.4. The summed E-state index contributed by atoms with van der Waals surface area (Å²) in [7, 11) is 1.98. The van der Waals surface area contributed by atoms with Gasteiger partial charge in [0.25, 0.3) is 0 Å². The van der Waals surface area contributed by atoms with E-state index in [4.69, 9.17) is 4.42 Å². The van der Waals surface area contributed by atoms with E-state index < -0.39 is 0 Å². The van der Waals surface area contributed by atoms with Crippen LogP contribution in [0.2, 0.25) is 0 Å². The van der Waals surface area contributed by atoms with Crippen LogP contribution in [-0.4, -0.2) is 38.4 Å². The van der Waals surface area contributed by atoms with E-state index in [1.807, 2.05) is 41.8 Å². The van der Waals surface area contributed by atoms with E-state index in [0.29, 0.717) is 13.0 Å². The van der Waals surface area contributed by atoms with Gasteiger partial charge in [0.05, 0.1) is 17.7 Å². The zero-order valence-electron chi connectivity index (χ0n) is 15.1. The second-order valence-electron chi connectivity index (χ2n) is 6.69. The second-order valence-corrected chi connectivity index (χ2v) is 6.69. The molecule has 0 spiro atoms. The molecule has 0 saturated carbocycles. The van der Waals surface area contributed by atoms with Gasteiger partial charge in [-0.15, -0.1) is 0 Å². The summed E-state index contributed by atoms with van der Waals surface area (Å²) in [6.45, 7) is 3.43. The Hall–Kier alpha value is -2.83. The molecule has 0 unspecified atom stereocenters. The van der Waals surface area contributed by atoms with Gasteiger partial charge in [0.2, 0.25) is 5.91 Å². The third-order valence-electron chi connectivity index (χ3n) is 5.21. The van der Waals surface area contributed by atoms with Crippen LogP contribution in [0.1, 0.15) is 31.6 Å². The average Bonchev–Trinajstić information content (AvgIpc) is 3.29. The summed E-state index contributed by atoms with van der Waals surface area (Å²) in [5.74, 6) is 2.21. The summed E-state index contributed by atoms with van der Waals surface area (Å²) in [5, 5.41) is 4.44. The van der Waals surface area contributed by atoms with Gasteiger partial charge in [-0.3, -0.25) is 4.79 Å². The SMILES string of the molecule is CCN1C(=O)CC[C@H](CNc2nccc3occc23)[C@H]1c1nccn1C. The topological polar surface area (TPSA) is 76.2 Å². The Balaban J connectivity index is 1.60. The van der Waals surface area contributed by atoms with Crippen molar-refractivity contribution < 1.29 is 9.21 Å². The van der Waals surface area contributed by atoms with Crippen molar-refractivity contribution in [2.45, 2.75) is 25.8 Å². The van der Waals surface area contributed by atoms with Crippen LogP contribution in [0.15, 0.2) is 41.4 Å². The van der Waals surface area contributed by atoms with E-state index >= 15 is 0 Å². The molecule has 7 nitrogen and oxygen atoms in total. The van der Waals surface area contributed by atoms with E-state index in [0.717, 1.165) is 35.6 Å². The monoisotopic (exact) mass is 353 g/mol. The van der Waals surface area contributed by atoms with Crippen molar-refractivity contribution in [2.24, 2.45) is 13.0 Å². The van der Waals surface area contributed by atoms with E-state index in [1.54, 1.807) is 18.7 Å². The van der Waals surface area contributed by atoms with E-state index in [1.165, 1.54) is 0 Å². The van der Waals surface area contributed by atoms with Gasteiger partial charge in [-0.1, -0.05) is 0 Å². The number of nitrogens with one attached hydrogen (secondary N) is 1. The number of carbonyl (C=O) groups is 1. The molecule has 1 amide bonds. The van der Waals surface area contributed by atoms with Crippen molar-refractivity contribution in [3.8, 4) is 0 Å². The molecule has 3 aromatic heterocycles. The van der Waals surface area contributed by atoms with Crippen LogP contribution in [0, 0.1) is 5.92 Å². The number of anilines is 1. The fourth-order valence-electron chi connectivity index (χ4n) is 3.88. The molecule has 1 aliphatic rings. The number of pyridine rings is 1. The van der Waals surface area contributed by atoms with Crippen LogP contribution in [0.5, 0.6) is 0 Å². The molecule has 1 aliphatic heterocycles. The molecule has 1 N–H and O–H groups in total. The number of rotatable bonds is 5. The Morgan fingerprint density at radius 3 is 2.96 bits per heavy atom. The molecular formula is C19H23N5O2. The Bertz CT molecular complexity index is 915. The summed E-state index contributed by atoms with van der Waals surface area (Å²) in [5.41, 5.74) is 0.817. The zero-order valence-corrected chi connectivity index (χ0v) is 15.1. The standard InChI is InChI=1S/C19H23N5O2/c1-3-24-16(25)5-4-13(17(24)19-21-9-10-23(19)2)12-22-18-14-7-11-26-15(14)6-8-20-18/h6-11,13,17H,3-5,12H2,1-2H3,(H,20,22)/t13-,17+/m1/s1. The first-order chi connectivity index (χ1) is 12.7. The molecule has 136 valence electrons. The molecule has 1 fully saturated rings. The maximum atomic E-state index is 12.4. The van der Waals surface area contributed by atoms with Crippen LogP contribution in [0.4, 0.5) is 5.82 Å². The molecular weight excluding hydrogens is 330 g/mol. The zero-order chi connectivity index (χ0) is 18.1. The van der Waals surface area contributed by atoms with Crippen molar-refractivity contribution in [2.75, 3.05) is 18.4 Å². The van der Waals surface area contributed by atoms with Crippen molar-refractivity contribution >= 4 is 22.7 Å². The highest BCUT2D eigenvalue weighted by molar-refractivity contribution is 5.87. The minimum absolute atomic E-state index is 0.0303. The molecule has 26 heavy (non-hydrogen) atoms. The highest BCUT2D eigenvalue weighted by Crippen LogP contribution is 2.36. The highest BCUT2D eigenvalue weighted by atomic mass is 16.3. The molecule has 0 radical (unpaired) electrons. The smallest absolute Gasteiger partial charge is 0.223 e. The van der Waals surface area contributed by atoms with Gasteiger partial charge in [0.15, 0.2) is 0 Å². The number of aromatic nitrogens is 3. The van der Waals surface area contributed by atoms with Gasteiger partial charge in [0, 0.05) is 51.1 Å². The maximum Gasteiger partial charge on any atom is 0.223 e. The van der Waals surface area contributed by atoms with Gasteiger partial charge in [-0.05, 0) is 25.5 Å². The first-order valence-corrected chi connectivity index (χ1v) is 9.01. The van der Waals surface area contributed by atoms with E-state index in [-0.39, 0.29) is 17.9 Å². The number of amides is 1. The van der Waals surface area contributed by atoms with Gasteiger partial charge in [0.1, 0.15) is 17.2 Å². The minimum Gasteiger partial charge on any atom is -0.464 e.